The number of nitrogens with zero attached hydrogens (tertiary/aromatic N) is 2. The van der Waals surface area contributed by atoms with E-state index in [1.807, 2.05) is 31.0 Å². The molecule has 0 bridgehead atoms. The number of hydrogen-bond acceptors (Lipinski definition) is 6. The summed E-state index contributed by atoms with van der Waals surface area (Å²) < 4.78 is 16.2. The first kappa shape index (κ1) is 26.6. The van der Waals surface area contributed by atoms with E-state index in [4.69, 9.17) is 14.2 Å². The number of nitrogens with one attached hydrogen (secondary N) is 1. The van der Waals surface area contributed by atoms with Gasteiger partial charge < -0.3 is 24.4 Å². The molecule has 0 radical (unpaired) electrons. The molecule has 1 aliphatic rings. The van der Waals surface area contributed by atoms with Crippen LogP contribution in [0.25, 0.3) is 0 Å². The summed E-state index contributed by atoms with van der Waals surface area (Å²) in [6, 6.07) is 3.96. The summed E-state index contributed by atoms with van der Waals surface area (Å²) in [5.74, 6) is 2.18. The first-order valence-corrected chi connectivity index (χ1v) is 8.98. The van der Waals surface area contributed by atoms with Crippen LogP contribution >= 0.6 is 24.8 Å². The third-order valence-corrected chi connectivity index (χ3v) is 4.75. The summed E-state index contributed by atoms with van der Waals surface area (Å²) in [5, 5.41) is 3.07. The zero-order valence-electron chi connectivity index (χ0n) is 17.3. The van der Waals surface area contributed by atoms with Crippen LogP contribution in [0.4, 0.5) is 0 Å². The molecule has 0 aliphatic carbocycles. The number of amides is 1. The Balaban J connectivity index is 0.00000364. The van der Waals surface area contributed by atoms with E-state index < -0.39 is 0 Å². The molecule has 0 saturated carbocycles. The number of piperazine rings is 1. The fourth-order valence-electron chi connectivity index (χ4n) is 3.32. The van der Waals surface area contributed by atoms with Crippen molar-refractivity contribution in [3.05, 3.63) is 17.7 Å². The maximum Gasteiger partial charge on any atom is 0.226 e. The summed E-state index contributed by atoms with van der Waals surface area (Å²) in [5.41, 5.74) is 1.10. The molecular weight excluding hydrogens is 405 g/mol. The summed E-state index contributed by atoms with van der Waals surface area (Å²) in [6.07, 6.45) is 0. The van der Waals surface area contributed by atoms with Gasteiger partial charge >= 0.3 is 0 Å². The molecule has 1 aliphatic heterocycles. The van der Waals surface area contributed by atoms with Crippen LogP contribution in [0.3, 0.4) is 0 Å². The Morgan fingerprint density at radius 2 is 1.57 bits per heavy atom. The first-order chi connectivity index (χ1) is 12.5. The van der Waals surface area contributed by atoms with Gasteiger partial charge in [-0.1, -0.05) is 6.92 Å². The smallest absolute Gasteiger partial charge is 0.226 e. The van der Waals surface area contributed by atoms with Crippen molar-refractivity contribution in [1.29, 1.82) is 0 Å². The Morgan fingerprint density at radius 3 is 2.00 bits per heavy atom. The van der Waals surface area contributed by atoms with Crippen molar-refractivity contribution >= 4 is 30.7 Å². The largest absolute Gasteiger partial charge is 0.493 e. The Hall–Kier alpha value is -1.41. The highest BCUT2D eigenvalue weighted by molar-refractivity contribution is 5.85. The van der Waals surface area contributed by atoms with Crippen LogP contribution in [0.15, 0.2) is 12.1 Å². The lowest BCUT2D eigenvalue weighted by Crippen LogP contribution is -2.50. The molecular formula is C19H33Cl2N3O4. The second kappa shape index (κ2) is 12.9. The Kier molecular flexibility index (Phi) is 12.3. The predicted molar refractivity (Wildman–Crippen MR) is 116 cm³/mol. The number of methoxy groups -OCH3 is 3. The molecule has 0 aromatic heterocycles. The van der Waals surface area contributed by atoms with Gasteiger partial charge in [0.15, 0.2) is 11.5 Å². The minimum absolute atomic E-state index is 0. The van der Waals surface area contributed by atoms with Crippen LogP contribution in [0.5, 0.6) is 17.2 Å². The van der Waals surface area contributed by atoms with Gasteiger partial charge in [-0.3, -0.25) is 9.69 Å². The van der Waals surface area contributed by atoms with Gasteiger partial charge in [0.25, 0.3) is 0 Å². The third kappa shape index (κ3) is 6.58. The van der Waals surface area contributed by atoms with Gasteiger partial charge in [-0.15, -0.1) is 24.8 Å². The molecule has 1 aromatic carbocycles. The summed E-state index contributed by atoms with van der Waals surface area (Å²) in [7, 11) is 6.72. The van der Waals surface area contributed by atoms with Crippen LogP contribution in [0.1, 0.15) is 12.5 Å². The van der Waals surface area contributed by atoms with E-state index in [9.17, 15) is 4.79 Å². The highest BCUT2D eigenvalue weighted by Gasteiger charge is 2.25. The van der Waals surface area contributed by atoms with Crippen molar-refractivity contribution in [3.63, 3.8) is 0 Å². The Bertz CT molecular complexity index is 586. The fraction of sp³-hybridized carbons (Fsp3) is 0.632. The Morgan fingerprint density at radius 1 is 1.04 bits per heavy atom. The van der Waals surface area contributed by atoms with Crippen LogP contribution in [0.2, 0.25) is 0 Å². The van der Waals surface area contributed by atoms with Crippen molar-refractivity contribution in [2.45, 2.75) is 13.5 Å². The van der Waals surface area contributed by atoms with Crippen molar-refractivity contribution in [3.8, 4) is 17.2 Å². The maximum absolute atomic E-state index is 12.4. The van der Waals surface area contributed by atoms with Crippen LogP contribution < -0.4 is 19.5 Å². The van der Waals surface area contributed by atoms with Crippen LogP contribution in [0, 0.1) is 5.92 Å². The van der Waals surface area contributed by atoms with E-state index in [0.29, 0.717) is 23.8 Å². The van der Waals surface area contributed by atoms with Crippen molar-refractivity contribution in [2.24, 2.45) is 5.92 Å². The summed E-state index contributed by atoms with van der Waals surface area (Å²) >= 11 is 0. The number of carbonyl (C=O) groups excluding carboxylic acids is 1. The number of hydrogen-bond donors (Lipinski definition) is 1. The van der Waals surface area contributed by atoms with Crippen molar-refractivity contribution < 1.29 is 19.0 Å². The quantitative estimate of drug-likeness (QED) is 0.671. The molecule has 2 rings (SSSR count). The zero-order chi connectivity index (χ0) is 19.1. The molecule has 0 spiro atoms. The van der Waals surface area contributed by atoms with E-state index >= 15 is 0 Å². The van der Waals surface area contributed by atoms with Gasteiger partial charge in [0, 0.05) is 45.2 Å². The van der Waals surface area contributed by atoms with E-state index in [0.717, 1.165) is 38.3 Å². The lowest BCUT2D eigenvalue weighted by molar-refractivity contribution is -0.136. The number of halogens is 2. The lowest BCUT2D eigenvalue weighted by Gasteiger charge is -2.36. The predicted octanol–water partition coefficient (Wildman–Crippen LogP) is 2.06. The first-order valence-electron chi connectivity index (χ1n) is 8.98. The molecule has 1 aromatic rings. The average molecular weight is 438 g/mol. The van der Waals surface area contributed by atoms with Crippen LogP contribution in [-0.2, 0) is 11.3 Å². The standard InChI is InChI=1S/C19H31N3O4.2ClH/c1-14(12-20-2)19(23)22-8-6-21(7-9-22)13-15-10-16(24-3)18(26-5)17(11-15)25-4;;/h10-11,14,20H,6-9,12-13H2,1-5H3;2*1H. The summed E-state index contributed by atoms with van der Waals surface area (Å²) in [4.78, 5) is 16.7. The number of benzene rings is 1. The third-order valence-electron chi connectivity index (χ3n) is 4.75. The van der Waals surface area contributed by atoms with E-state index in [2.05, 4.69) is 10.2 Å². The van der Waals surface area contributed by atoms with Gasteiger partial charge in [0.1, 0.15) is 0 Å². The minimum atomic E-state index is 0. The highest BCUT2D eigenvalue weighted by Crippen LogP contribution is 2.38. The number of rotatable bonds is 8. The molecule has 1 atom stereocenters. The van der Waals surface area contributed by atoms with Crippen LogP contribution in [-0.4, -0.2) is 76.8 Å². The maximum atomic E-state index is 12.4. The fourth-order valence-corrected chi connectivity index (χ4v) is 3.32. The van der Waals surface area contributed by atoms with E-state index in [1.54, 1.807) is 21.3 Å². The van der Waals surface area contributed by atoms with Crippen molar-refractivity contribution in [1.82, 2.24) is 15.1 Å². The molecule has 9 heteroatoms. The highest BCUT2D eigenvalue weighted by atomic mass is 35.5. The molecule has 162 valence electrons. The van der Waals surface area contributed by atoms with Gasteiger partial charge in [-0.05, 0) is 24.7 Å². The van der Waals surface area contributed by atoms with Crippen molar-refractivity contribution in [2.75, 3.05) is 61.1 Å². The zero-order valence-corrected chi connectivity index (χ0v) is 19.0. The number of ether oxygens (including phenoxy) is 3. The van der Waals surface area contributed by atoms with Gasteiger partial charge in [0.05, 0.1) is 21.3 Å². The number of carbonyl (C=O) groups is 1. The Labute approximate surface area is 180 Å². The average Bonchev–Trinajstić information content (AvgIpc) is 2.67. The molecule has 1 saturated heterocycles. The second-order valence-electron chi connectivity index (χ2n) is 6.59. The molecule has 1 fully saturated rings. The molecule has 1 amide bonds. The van der Waals surface area contributed by atoms with Gasteiger partial charge in [0.2, 0.25) is 11.7 Å². The van der Waals surface area contributed by atoms with Gasteiger partial charge in [-0.25, -0.2) is 0 Å². The second-order valence-corrected chi connectivity index (χ2v) is 6.59. The van der Waals surface area contributed by atoms with E-state index in [-0.39, 0.29) is 36.6 Å². The summed E-state index contributed by atoms with van der Waals surface area (Å²) in [6.45, 7) is 6.70. The minimum Gasteiger partial charge on any atom is -0.493 e. The molecule has 1 unspecified atom stereocenters. The topological polar surface area (TPSA) is 63.3 Å². The molecule has 1 heterocycles. The normalized spacial score (nSPS) is 15.1. The molecule has 7 nitrogen and oxygen atoms in total. The monoisotopic (exact) mass is 437 g/mol. The SMILES string of the molecule is CNCC(C)C(=O)N1CCN(Cc2cc(OC)c(OC)c(OC)c2)CC1.Cl.Cl. The van der Waals surface area contributed by atoms with E-state index in [1.165, 1.54) is 0 Å². The molecule has 28 heavy (non-hydrogen) atoms. The lowest BCUT2D eigenvalue weighted by atomic mass is 10.1. The molecule has 1 N–H and O–H groups in total. The van der Waals surface area contributed by atoms with Gasteiger partial charge in [-0.2, -0.15) is 0 Å².